The summed E-state index contributed by atoms with van der Waals surface area (Å²) in [6, 6.07) is 14.8. The summed E-state index contributed by atoms with van der Waals surface area (Å²) in [7, 11) is 0. The zero-order chi connectivity index (χ0) is 23.4. The molecule has 0 aromatic heterocycles. The van der Waals surface area contributed by atoms with E-state index in [0.29, 0.717) is 26.1 Å². The lowest BCUT2D eigenvalue weighted by Crippen LogP contribution is -2.51. The van der Waals surface area contributed by atoms with E-state index < -0.39 is 30.4 Å². The Morgan fingerprint density at radius 1 is 1.12 bits per heavy atom. The van der Waals surface area contributed by atoms with Gasteiger partial charge in [0.05, 0.1) is 12.5 Å². The molecule has 174 valence electrons. The molecule has 8 heteroatoms. The van der Waals surface area contributed by atoms with E-state index in [1.807, 2.05) is 55.5 Å². The molecule has 0 bridgehead atoms. The lowest BCUT2D eigenvalue weighted by Gasteiger charge is -2.27. The van der Waals surface area contributed by atoms with Crippen molar-refractivity contribution < 1.29 is 29.0 Å². The number of alkyl carbamates (subject to hydrolysis) is 1. The quantitative estimate of drug-likeness (QED) is 0.698. The second-order valence-electron chi connectivity index (χ2n) is 8.44. The molecule has 1 aliphatic heterocycles. The highest BCUT2D eigenvalue weighted by Gasteiger charge is 2.32. The predicted octanol–water partition coefficient (Wildman–Crippen LogP) is 3.01. The second-order valence-corrected chi connectivity index (χ2v) is 8.44. The summed E-state index contributed by atoms with van der Waals surface area (Å²) in [6.07, 6.45) is -0.831. The number of nitrogens with zero attached hydrogens (tertiary/aromatic N) is 1. The maximum absolute atomic E-state index is 13.0. The monoisotopic (exact) mass is 452 g/mol. The third-order valence-corrected chi connectivity index (χ3v) is 6.08. The van der Waals surface area contributed by atoms with Crippen molar-refractivity contribution in [3.63, 3.8) is 0 Å². The molecule has 4 rings (SSSR count). The lowest BCUT2D eigenvalue weighted by atomic mass is 9.98. The molecule has 1 heterocycles. The van der Waals surface area contributed by atoms with Crippen LogP contribution in [0.15, 0.2) is 48.5 Å². The smallest absolute Gasteiger partial charge is 0.407 e. The van der Waals surface area contributed by atoms with Crippen LogP contribution in [0.3, 0.4) is 0 Å². The van der Waals surface area contributed by atoms with Crippen molar-refractivity contribution in [2.75, 3.05) is 26.3 Å². The molecule has 2 unspecified atom stereocenters. The van der Waals surface area contributed by atoms with E-state index in [-0.39, 0.29) is 18.6 Å². The Bertz CT molecular complexity index is 994. The van der Waals surface area contributed by atoms with Gasteiger partial charge >= 0.3 is 12.1 Å². The van der Waals surface area contributed by atoms with Crippen LogP contribution in [0.1, 0.15) is 36.8 Å². The number of rotatable bonds is 6. The van der Waals surface area contributed by atoms with Crippen molar-refractivity contribution >= 4 is 18.0 Å². The summed E-state index contributed by atoms with van der Waals surface area (Å²) < 4.78 is 11.1. The maximum Gasteiger partial charge on any atom is 0.407 e. The fourth-order valence-corrected chi connectivity index (χ4v) is 4.57. The first-order valence-electron chi connectivity index (χ1n) is 11.2. The standard InChI is InChI=1S/C25H28N2O6/c1-16-14-27(11-6-12-32-16)24(30)22(13-23(28)29)26-25(31)33-15-21-19-9-4-2-7-17(19)18-8-3-5-10-20(18)21/h2-5,7-10,16,21-22H,6,11-15H2,1H3,(H,26,31)(H,28,29). The van der Waals surface area contributed by atoms with E-state index in [9.17, 15) is 19.5 Å². The zero-order valence-corrected chi connectivity index (χ0v) is 18.5. The number of hydrogen-bond acceptors (Lipinski definition) is 5. The van der Waals surface area contributed by atoms with Gasteiger partial charge in [-0.05, 0) is 35.6 Å². The highest BCUT2D eigenvalue weighted by atomic mass is 16.5. The summed E-state index contributed by atoms with van der Waals surface area (Å²) in [5.74, 6) is -1.74. The number of hydrogen-bond donors (Lipinski definition) is 2. The Hall–Kier alpha value is -3.39. The Balaban J connectivity index is 1.43. The third-order valence-electron chi connectivity index (χ3n) is 6.08. The summed E-state index contributed by atoms with van der Waals surface area (Å²) in [4.78, 5) is 38.5. The normalized spacial score (nSPS) is 18.6. The fraction of sp³-hybridized carbons (Fsp3) is 0.400. The highest BCUT2D eigenvalue weighted by molar-refractivity contribution is 5.89. The van der Waals surface area contributed by atoms with Gasteiger partial charge in [0, 0.05) is 25.6 Å². The Kier molecular flexibility index (Phi) is 6.93. The van der Waals surface area contributed by atoms with Crippen LogP contribution in [-0.4, -0.2) is 66.4 Å². The SMILES string of the molecule is CC1CN(C(=O)C(CC(=O)O)NC(=O)OCC2c3ccccc3-c3ccccc32)CCCO1. The molecule has 2 aromatic carbocycles. The van der Waals surface area contributed by atoms with Crippen LogP contribution in [0.25, 0.3) is 11.1 Å². The Morgan fingerprint density at radius 3 is 2.39 bits per heavy atom. The van der Waals surface area contributed by atoms with Gasteiger partial charge < -0.3 is 24.8 Å². The molecule has 33 heavy (non-hydrogen) atoms. The summed E-state index contributed by atoms with van der Waals surface area (Å²) in [5.41, 5.74) is 4.36. The van der Waals surface area contributed by atoms with Crippen molar-refractivity contribution in [3.05, 3.63) is 59.7 Å². The minimum atomic E-state index is -1.21. The number of nitrogens with one attached hydrogen (secondary N) is 1. The fourth-order valence-electron chi connectivity index (χ4n) is 4.57. The molecule has 1 aliphatic carbocycles. The number of carboxylic acid groups (broad SMARTS) is 1. The van der Waals surface area contributed by atoms with E-state index in [1.54, 1.807) is 4.90 Å². The van der Waals surface area contributed by atoms with Crippen molar-refractivity contribution in [3.8, 4) is 11.1 Å². The van der Waals surface area contributed by atoms with Crippen LogP contribution in [0.5, 0.6) is 0 Å². The number of carbonyl (C=O) groups excluding carboxylic acids is 2. The number of ether oxygens (including phenoxy) is 2. The highest BCUT2D eigenvalue weighted by Crippen LogP contribution is 2.44. The first-order valence-corrected chi connectivity index (χ1v) is 11.2. The van der Waals surface area contributed by atoms with Gasteiger partial charge in [0.2, 0.25) is 5.91 Å². The van der Waals surface area contributed by atoms with Crippen LogP contribution >= 0.6 is 0 Å². The summed E-state index contributed by atoms with van der Waals surface area (Å²) in [6.45, 7) is 3.28. The average molecular weight is 453 g/mol. The Morgan fingerprint density at radius 2 is 1.76 bits per heavy atom. The minimum Gasteiger partial charge on any atom is -0.481 e. The molecule has 2 atom stereocenters. The molecular formula is C25H28N2O6. The lowest BCUT2D eigenvalue weighted by molar-refractivity contribution is -0.142. The van der Waals surface area contributed by atoms with Crippen LogP contribution in [0.4, 0.5) is 4.79 Å². The number of aliphatic carboxylic acids is 1. The van der Waals surface area contributed by atoms with Crippen molar-refractivity contribution in [1.82, 2.24) is 10.2 Å². The minimum absolute atomic E-state index is 0.0857. The predicted molar refractivity (Wildman–Crippen MR) is 121 cm³/mol. The molecule has 0 radical (unpaired) electrons. The van der Waals surface area contributed by atoms with E-state index in [2.05, 4.69) is 5.32 Å². The number of carboxylic acids is 1. The van der Waals surface area contributed by atoms with Crippen LogP contribution in [0.2, 0.25) is 0 Å². The van der Waals surface area contributed by atoms with E-state index in [1.165, 1.54) is 0 Å². The van der Waals surface area contributed by atoms with Gasteiger partial charge in [0.25, 0.3) is 0 Å². The molecule has 0 saturated carbocycles. The molecule has 1 saturated heterocycles. The molecule has 8 nitrogen and oxygen atoms in total. The first kappa shape index (κ1) is 22.8. The van der Waals surface area contributed by atoms with Gasteiger partial charge in [-0.1, -0.05) is 48.5 Å². The maximum atomic E-state index is 13.0. The van der Waals surface area contributed by atoms with Crippen LogP contribution in [-0.2, 0) is 19.1 Å². The molecular weight excluding hydrogens is 424 g/mol. The molecule has 0 spiro atoms. The number of fused-ring (bicyclic) bond motifs is 3. The van der Waals surface area contributed by atoms with Gasteiger partial charge in [0.1, 0.15) is 12.6 Å². The number of carbonyl (C=O) groups is 3. The molecule has 2 N–H and O–H groups in total. The first-order chi connectivity index (χ1) is 15.9. The molecule has 2 aromatic rings. The largest absolute Gasteiger partial charge is 0.481 e. The topological polar surface area (TPSA) is 105 Å². The van der Waals surface area contributed by atoms with Crippen LogP contribution < -0.4 is 5.32 Å². The molecule has 1 fully saturated rings. The van der Waals surface area contributed by atoms with Gasteiger partial charge in [-0.15, -0.1) is 0 Å². The van der Waals surface area contributed by atoms with Crippen molar-refractivity contribution in [2.45, 2.75) is 37.8 Å². The van der Waals surface area contributed by atoms with Gasteiger partial charge in [-0.3, -0.25) is 9.59 Å². The van der Waals surface area contributed by atoms with E-state index in [4.69, 9.17) is 9.47 Å². The Labute approximate surface area is 192 Å². The molecule has 2 aliphatic rings. The van der Waals surface area contributed by atoms with E-state index in [0.717, 1.165) is 22.3 Å². The second kappa shape index (κ2) is 10.0. The number of amides is 2. The van der Waals surface area contributed by atoms with Gasteiger partial charge in [0.15, 0.2) is 0 Å². The van der Waals surface area contributed by atoms with Gasteiger partial charge in [-0.2, -0.15) is 0 Å². The molecule has 2 amide bonds. The zero-order valence-electron chi connectivity index (χ0n) is 18.5. The number of benzene rings is 2. The average Bonchev–Trinajstić information content (AvgIpc) is 2.95. The van der Waals surface area contributed by atoms with Crippen molar-refractivity contribution in [1.29, 1.82) is 0 Å². The van der Waals surface area contributed by atoms with Crippen LogP contribution in [0, 0.1) is 0 Å². The summed E-state index contributed by atoms with van der Waals surface area (Å²) in [5, 5.41) is 11.8. The third kappa shape index (κ3) is 5.17. The van der Waals surface area contributed by atoms with E-state index >= 15 is 0 Å². The van der Waals surface area contributed by atoms with Crippen molar-refractivity contribution in [2.24, 2.45) is 0 Å². The summed E-state index contributed by atoms with van der Waals surface area (Å²) >= 11 is 0. The van der Waals surface area contributed by atoms with Gasteiger partial charge in [-0.25, -0.2) is 4.79 Å².